The highest BCUT2D eigenvalue weighted by Gasteiger charge is 2.55. The molecular formula is C29H32N4O3. The summed E-state index contributed by atoms with van der Waals surface area (Å²) >= 11 is 0. The third-order valence-electron chi connectivity index (χ3n) is 8.63. The maximum absolute atomic E-state index is 14.1. The number of para-hydroxylation sites is 1. The van der Waals surface area contributed by atoms with E-state index in [1.807, 2.05) is 29.2 Å². The second-order valence-corrected chi connectivity index (χ2v) is 10.3. The van der Waals surface area contributed by atoms with Crippen LogP contribution in [0.4, 0.5) is 10.5 Å². The lowest BCUT2D eigenvalue weighted by molar-refractivity contribution is -0.125. The molecule has 3 unspecified atom stereocenters. The lowest BCUT2D eigenvalue weighted by atomic mass is 9.84. The highest BCUT2D eigenvalue weighted by molar-refractivity contribution is 6.09. The molecule has 3 aromatic rings. The Kier molecular flexibility index (Phi) is 5.50. The summed E-state index contributed by atoms with van der Waals surface area (Å²) in [5, 5.41) is 17.8. The Bertz CT molecular complexity index is 1340. The molecule has 0 spiro atoms. The van der Waals surface area contributed by atoms with Crippen molar-refractivity contribution in [3.05, 3.63) is 77.4 Å². The highest BCUT2D eigenvalue weighted by atomic mass is 16.4. The molecule has 0 saturated carbocycles. The highest BCUT2D eigenvalue weighted by Crippen LogP contribution is 2.46. The Morgan fingerprint density at radius 2 is 1.78 bits per heavy atom. The molecule has 0 aromatic heterocycles. The van der Waals surface area contributed by atoms with Crippen LogP contribution >= 0.6 is 0 Å². The van der Waals surface area contributed by atoms with E-state index in [9.17, 15) is 14.7 Å². The summed E-state index contributed by atoms with van der Waals surface area (Å²) in [7, 11) is 1.74. The minimum absolute atomic E-state index is 0.0710. The monoisotopic (exact) mass is 484 g/mol. The normalized spacial score (nSPS) is 24.8. The summed E-state index contributed by atoms with van der Waals surface area (Å²) in [4.78, 5) is 30.1. The minimum Gasteiger partial charge on any atom is -0.465 e. The molecule has 7 heteroatoms. The number of anilines is 1. The Morgan fingerprint density at radius 1 is 1.06 bits per heavy atom. The fourth-order valence-electron chi connectivity index (χ4n) is 6.96. The Hall–Kier alpha value is -3.42. The smallest absolute Gasteiger partial charge is 0.404 e. The first-order valence-electron chi connectivity index (χ1n) is 12.8. The van der Waals surface area contributed by atoms with E-state index in [1.54, 1.807) is 14.0 Å². The van der Waals surface area contributed by atoms with Gasteiger partial charge in [0.05, 0.1) is 6.04 Å². The summed E-state index contributed by atoms with van der Waals surface area (Å²) < 4.78 is 0. The molecule has 36 heavy (non-hydrogen) atoms. The maximum Gasteiger partial charge on any atom is 0.404 e. The Morgan fingerprint density at radius 3 is 2.50 bits per heavy atom. The Labute approximate surface area is 211 Å². The van der Waals surface area contributed by atoms with Crippen molar-refractivity contribution in [1.82, 2.24) is 15.5 Å². The fourth-order valence-corrected chi connectivity index (χ4v) is 6.96. The van der Waals surface area contributed by atoms with Gasteiger partial charge in [-0.3, -0.25) is 9.69 Å². The third kappa shape index (κ3) is 3.26. The molecule has 2 amide bonds. The number of likely N-dealkylation sites (tertiary alicyclic amines) is 1. The molecule has 2 heterocycles. The van der Waals surface area contributed by atoms with Crippen molar-refractivity contribution in [3.8, 4) is 0 Å². The molecule has 1 aliphatic carbocycles. The predicted molar refractivity (Wildman–Crippen MR) is 140 cm³/mol. The molecular weight excluding hydrogens is 452 g/mol. The van der Waals surface area contributed by atoms with Crippen molar-refractivity contribution >= 4 is 28.5 Å². The van der Waals surface area contributed by atoms with E-state index in [-0.39, 0.29) is 11.9 Å². The number of nitrogens with zero attached hydrogens (tertiary/aromatic N) is 2. The van der Waals surface area contributed by atoms with Crippen LogP contribution in [0, 0.1) is 0 Å². The number of carbonyl (C=O) groups is 2. The molecule has 7 nitrogen and oxygen atoms in total. The second kappa shape index (κ2) is 8.61. The molecule has 1 fully saturated rings. The standard InChI is InChI=1S/C29H32N4O3/c1-18(31-28(35)36)29(30-2)23-11-3-4-12-24(23)33(27(29)34)21-13-15-32(16-14-21)25-17-20-9-5-7-19-8-6-10-22(25)26(19)20/h3-12,18,21,25,30-31H,13-17H2,1-2H3,(H,35,36). The number of hydrogen-bond donors (Lipinski definition) is 3. The molecule has 0 radical (unpaired) electrons. The third-order valence-corrected chi connectivity index (χ3v) is 8.63. The number of benzene rings is 3. The lowest BCUT2D eigenvalue weighted by Crippen LogP contribution is -2.62. The molecule has 3 N–H and O–H groups in total. The Balaban J connectivity index is 1.25. The second-order valence-electron chi connectivity index (χ2n) is 10.3. The van der Waals surface area contributed by atoms with E-state index in [2.05, 4.69) is 51.9 Å². The van der Waals surface area contributed by atoms with Crippen LogP contribution < -0.4 is 15.5 Å². The summed E-state index contributed by atoms with van der Waals surface area (Å²) in [6, 6.07) is 20.8. The average molecular weight is 485 g/mol. The number of piperidine rings is 1. The molecule has 2 aliphatic heterocycles. The van der Waals surface area contributed by atoms with E-state index in [4.69, 9.17) is 0 Å². The van der Waals surface area contributed by atoms with Crippen LogP contribution in [0.15, 0.2) is 60.7 Å². The number of amides is 2. The van der Waals surface area contributed by atoms with Crippen LogP contribution in [0.25, 0.3) is 10.8 Å². The van der Waals surface area contributed by atoms with Crippen molar-refractivity contribution in [1.29, 1.82) is 0 Å². The quantitative estimate of drug-likeness (QED) is 0.510. The van der Waals surface area contributed by atoms with Gasteiger partial charge in [0.25, 0.3) is 5.91 Å². The SMILES string of the molecule is CNC1(C(C)NC(=O)O)C(=O)N(C2CCN(C3Cc4cccc5cccc3c45)CC2)c2ccccc21. The van der Waals surface area contributed by atoms with E-state index in [0.29, 0.717) is 6.04 Å². The lowest BCUT2D eigenvalue weighted by Gasteiger charge is -2.41. The van der Waals surface area contributed by atoms with Crippen molar-refractivity contribution in [3.63, 3.8) is 0 Å². The van der Waals surface area contributed by atoms with Crippen LogP contribution in [0.3, 0.4) is 0 Å². The number of hydrogen-bond acceptors (Lipinski definition) is 4. The van der Waals surface area contributed by atoms with Crippen molar-refractivity contribution in [2.24, 2.45) is 0 Å². The van der Waals surface area contributed by atoms with Gasteiger partial charge in [-0.15, -0.1) is 0 Å². The summed E-state index contributed by atoms with van der Waals surface area (Å²) in [5.74, 6) is -0.0797. The van der Waals surface area contributed by atoms with Crippen molar-refractivity contribution in [2.75, 3.05) is 25.0 Å². The number of nitrogens with one attached hydrogen (secondary N) is 2. The molecule has 0 bridgehead atoms. The van der Waals surface area contributed by atoms with E-state index in [0.717, 1.165) is 43.6 Å². The largest absolute Gasteiger partial charge is 0.465 e. The minimum atomic E-state index is -1.14. The van der Waals surface area contributed by atoms with Gasteiger partial charge in [-0.1, -0.05) is 54.6 Å². The van der Waals surface area contributed by atoms with Gasteiger partial charge in [-0.25, -0.2) is 4.79 Å². The zero-order valence-corrected chi connectivity index (χ0v) is 20.7. The molecule has 186 valence electrons. The van der Waals surface area contributed by atoms with Crippen LogP contribution in [0.2, 0.25) is 0 Å². The van der Waals surface area contributed by atoms with Gasteiger partial charge < -0.3 is 20.6 Å². The number of carbonyl (C=O) groups excluding carboxylic acids is 1. The van der Waals surface area contributed by atoms with Crippen LogP contribution in [-0.2, 0) is 16.8 Å². The van der Waals surface area contributed by atoms with Gasteiger partial charge in [-0.2, -0.15) is 0 Å². The van der Waals surface area contributed by atoms with Gasteiger partial charge in [0, 0.05) is 36.4 Å². The van der Waals surface area contributed by atoms with Gasteiger partial charge in [0.2, 0.25) is 0 Å². The summed E-state index contributed by atoms with van der Waals surface area (Å²) in [5.41, 5.74) is 3.44. The average Bonchev–Trinajstić information content (AvgIpc) is 3.38. The van der Waals surface area contributed by atoms with E-state index >= 15 is 0 Å². The fraction of sp³-hybridized carbons (Fsp3) is 0.379. The van der Waals surface area contributed by atoms with Gasteiger partial charge in [0.1, 0.15) is 5.54 Å². The van der Waals surface area contributed by atoms with Crippen LogP contribution in [0.1, 0.15) is 42.5 Å². The molecule has 3 aromatic carbocycles. The molecule has 3 atom stereocenters. The molecule has 6 rings (SSSR count). The number of carboxylic acid groups (broad SMARTS) is 1. The summed E-state index contributed by atoms with van der Waals surface area (Å²) in [6.07, 6.45) is 1.66. The van der Waals surface area contributed by atoms with Crippen LogP contribution in [0.5, 0.6) is 0 Å². The zero-order valence-electron chi connectivity index (χ0n) is 20.7. The first-order valence-corrected chi connectivity index (χ1v) is 12.8. The molecule has 1 saturated heterocycles. The molecule has 3 aliphatic rings. The van der Waals surface area contributed by atoms with Gasteiger partial charge in [0.15, 0.2) is 0 Å². The van der Waals surface area contributed by atoms with E-state index < -0.39 is 17.7 Å². The topological polar surface area (TPSA) is 84.9 Å². The number of likely N-dealkylation sites (N-methyl/N-ethyl adjacent to an activating group) is 1. The first-order chi connectivity index (χ1) is 17.5. The number of fused-ring (bicyclic) bond motifs is 1. The first kappa shape index (κ1) is 23.0. The van der Waals surface area contributed by atoms with Crippen molar-refractivity contribution in [2.45, 2.75) is 49.9 Å². The summed E-state index contributed by atoms with van der Waals surface area (Å²) in [6.45, 7) is 3.59. The maximum atomic E-state index is 14.1. The van der Waals surface area contributed by atoms with Gasteiger partial charge >= 0.3 is 6.09 Å². The zero-order chi connectivity index (χ0) is 25.0. The number of rotatable bonds is 5. The predicted octanol–water partition coefficient (Wildman–Crippen LogP) is 4.02. The van der Waals surface area contributed by atoms with Crippen molar-refractivity contribution < 1.29 is 14.7 Å². The van der Waals surface area contributed by atoms with Gasteiger partial charge in [-0.05, 0) is 61.2 Å². The van der Waals surface area contributed by atoms with E-state index in [1.165, 1.54) is 21.9 Å². The van der Waals surface area contributed by atoms with Crippen LogP contribution in [-0.4, -0.2) is 54.2 Å².